The van der Waals surface area contributed by atoms with Crippen LogP contribution in [0.5, 0.6) is 0 Å². The molecule has 2 aliphatic rings. The van der Waals surface area contributed by atoms with Crippen LogP contribution in [0.3, 0.4) is 0 Å². The van der Waals surface area contributed by atoms with Crippen LogP contribution in [0.15, 0.2) is 65.7 Å². The molecule has 0 spiro atoms. The molecule has 0 saturated carbocycles. The fraction of sp³-hybridized carbons (Fsp3) is 0.364. The van der Waals surface area contributed by atoms with Crippen LogP contribution in [0.25, 0.3) is 0 Å². The molecule has 1 aliphatic heterocycles. The lowest BCUT2D eigenvalue weighted by Gasteiger charge is -2.31. The van der Waals surface area contributed by atoms with Gasteiger partial charge in [0.1, 0.15) is 0 Å². The highest BCUT2D eigenvalue weighted by Crippen LogP contribution is 2.37. The van der Waals surface area contributed by atoms with Crippen LogP contribution in [0.1, 0.15) is 50.7 Å². The quantitative estimate of drug-likeness (QED) is 0.727. The molecule has 2 aromatic rings. The van der Waals surface area contributed by atoms with Crippen molar-refractivity contribution < 1.29 is 0 Å². The summed E-state index contributed by atoms with van der Waals surface area (Å²) in [6, 6.07) is 17.2. The lowest BCUT2D eigenvalue weighted by molar-refractivity contribution is 0.595. The first-order chi connectivity index (χ1) is 12.3. The Bertz CT molecular complexity index is 749. The number of aliphatic imine (C=N–C) groups is 1. The molecule has 1 aromatic carbocycles. The van der Waals surface area contributed by atoms with Gasteiger partial charge in [-0.1, -0.05) is 44.2 Å². The largest absolute Gasteiger partial charge is 0.336 e. The zero-order chi connectivity index (χ0) is 17.6. The highest BCUT2D eigenvalue weighted by molar-refractivity contribution is 6.03. The molecule has 4 rings (SSSR count). The second kappa shape index (κ2) is 8.11. The molecule has 0 amide bonds. The highest BCUT2D eigenvalue weighted by Gasteiger charge is 2.37. The van der Waals surface area contributed by atoms with Crippen molar-refractivity contribution in [3.8, 4) is 0 Å². The Morgan fingerprint density at radius 1 is 1.00 bits per heavy atom. The predicted octanol–water partition coefficient (Wildman–Crippen LogP) is 5.48. The lowest BCUT2D eigenvalue weighted by Crippen LogP contribution is -2.36. The lowest BCUT2D eigenvalue weighted by atomic mass is 10.1. The van der Waals surface area contributed by atoms with Crippen molar-refractivity contribution in [3.63, 3.8) is 0 Å². The summed E-state index contributed by atoms with van der Waals surface area (Å²) in [5, 5.41) is 0. The Hall–Kier alpha value is -2.42. The number of aryl methyl sites for hydroxylation is 1. The first-order valence-corrected chi connectivity index (χ1v) is 9.34. The molecule has 3 nitrogen and oxygen atoms in total. The Kier molecular flexibility index (Phi) is 5.64. The standard InChI is InChI=1S/C20H21N3.C2H6/c1-15-9-8-13-18(21-15)20-22-17-12-6-3-7-14-19(17)23(20)16-10-4-2-5-11-16;1-2/h2,4-6,8-13,19-20H,3,7,14H2,1H3;1-2H3. The summed E-state index contributed by atoms with van der Waals surface area (Å²) in [4.78, 5) is 12.2. The van der Waals surface area contributed by atoms with Crippen molar-refractivity contribution in [1.82, 2.24) is 4.98 Å². The predicted molar refractivity (Wildman–Crippen MR) is 106 cm³/mol. The molecule has 2 heterocycles. The summed E-state index contributed by atoms with van der Waals surface area (Å²) >= 11 is 0. The molecule has 0 bridgehead atoms. The minimum atomic E-state index is -0.0277. The summed E-state index contributed by atoms with van der Waals surface area (Å²) in [5.74, 6) is 0. The molecule has 1 aliphatic carbocycles. The number of pyridine rings is 1. The third-order valence-electron chi connectivity index (χ3n) is 4.58. The number of hydrogen-bond acceptors (Lipinski definition) is 3. The Labute approximate surface area is 151 Å². The molecular formula is C22H27N3. The summed E-state index contributed by atoms with van der Waals surface area (Å²) in [6.07, 6.45) is 7.93. The normalized spacial score (nSPS) is 21.7. The number of nitrogens with zero attached hydrogens (tertiary/aromatic N) is 3. The second-order valence-corrected chi connectivity index (χ2v) is 6.22. The number of allylic oxidation sites excluding steroid dienone is 1. The zero-order valence-corrected chi connectivity index (χ0v) is 15.4. The highest BCUT2D eigenvalue weighted by atomic mass is 15.3. The first-order valence-electron chi connectivity index (χ1n) is 9.34. The number of fused-ring (bicyclic) bond motifs is 1. The van der Waals surface area contributed by atoms with Gasteiger partial charge >= 0.3 is 0 Å². The van der Waals surface area contributed by atoms with Crippen molar-refractivity contribution in [2.75, 3.05) is 4.90 Å². The summed E-state index contributed by atoms with van der Waals surface area (Å²) in [7, 11) is 0. The summed E-state index contributed by atoms with van der Waals surface area (Å²) in [6.45, 7) is 6.04. The Morgan fingerprint density at radius 2 is 1.80 bits per heavy atom. The maximum Gasteiger partial charge on any atom is 0.165 e. The third-order valence-corrected chi connectivity index (χ3v) is 4.58. The van der Waals surface area contributed by atoms with Gasteiger partial charge in [0.2, 0.25) is 0 Å². The molecule has 0 N–H and O–H groups in total. The maximum atomic E-state index is 5.03. The van der Waals surface area contributed by atoms with Crippen LogP contribution in [0.2, 0.25) is 0 Å². The fourth-order valence-electron chi connectivity index (χ4n) is 3.51. The fourth-order valence-corrected chi connectivity index (χ4v) is 3.51. The summed E-state index contributed by atoms with van der Waals surface area (Å²) in [5.41, 5.74) is 4.49. The van der Waals surface area contributed by atoms with Gasteiger partial charge in [-0.2, -0.15) is 0 Å². The molecular weight excluding hydrogens is 306 g/mol. The molecule has 130 valence electrons. The van der Waals surface area contributed by atoms with Crippen molar-refractivity contribution in [3.05, 3.63) is 72.1 Å². The van der Waals surface area contributed by atoms with Gasteiger partial charge < -0.3 is 4.90 Å². The van der Waals surface area contributed by atoms with Gasteiger partial charge in [0.15, 0.2) is 6.17 Å². The Morgan fingerprint density at radius 3 is 2.56 bits per heavy atom. The maximum absolute atomic E-state index is 5.03. The number of anilines is 1. The number of para-hydroxylation sites is 1. The van der Waals surface area contributed by atoms with E-state index in [4.69, 9.17) is 9.98 Å². The van der Waals surface area contributed by atoms with Crippen molar-refractivity contribution in [2.24, 2.45) is 4.99 Å². The average molecular weight is 333 g/mol. The van der Waals surface area contributed by atoms with E-state index in [9.17, 15) is 0 Å². The molecule has 2 unspecified atom stereocenters. The van der Waals surface area contributed by atoms with Crippen LogP contribution in [-0.4, -0.2) is 16.7 Å². The van der Waals surface area contributed by atoms with Gasteiger partial charge in [0.05, 0.1) is 17.4 Å². The van der Waals surface area contributed by atoms with Gasteiger partial charge in [-0.15, -0.1) is 0 Å². The van der Waals surface area contributed by atoms with Crippen LogP contribution >= 0.6 is 0 Å². The minimum absolute atomic E-state index is 0.0277. The first kappa shape index (κ1) is 17.4. The molecule has 0 radical (unpaired) electrons. The molecule has 0 saturated heterocycles. The van der Waals surface area contributed by atoms with Gasteiger partial charge in [0, 0.05) is 11.4 Å². The second-order valence-electron chi connectivity index (χ2n) is 6.22. The minimum Gasteiger partial charge on any atom is -0.336 e. The van der Waals surface area contributed by atoms with E-state index in [1.165, 1.54) is 17.8 Å². The van der Waals surface area contributed by atoms with E-state index < -0.39 is 0 Å². The van der Waals surface area contributed by atoms with Crippen molar-refractivity contribution in [2.45, 2.75) is 52.2 Å². The number of rotatable bonds is 2. The average Bonchev–Trinajstić information content (AvgIpc) is 2.87. The van der Waals surface area contributed by atoms with E-state index >= 15 is 0 Å². The van der Waals surface area contributed by atoms with Gasteiger partial charge in [-0.25, -0.2) is 0 Å². The van der Waals surface area contributed by atoms with Crippen LogP contribution in [0.4, 0.5) is 5.69 Å². The SMILES string of the molecule is CC.Cc1cccc(C2N=C3C=CCCCC3N2c2ccccc2)n1. The number of aromatic nitrogens is 1. The molecule has 0 fully saturated rings. The van der Waals surface area contributed by atoms with E-state index in [1.807, 2.05) is 26.8 Å². The van der Waals surface area contributed by atoms with Crippen molar-refractivity contribution in [1.29, 1.82) is 0 Å². The molecule has 1 aromatic heterocycles. The molecule has 3 heteroatoms. The van der Waals surface area contributed by atoms with Gasteiger partial charge in [0.25, 0.3) is 0 Å². The van der Waals surface area contributed by atoms with Crippen LogP contribution < -0.4 is 4.90 Å². The number of benzene rings is 1. The monoisotopic (exact) mass is 333 g/mol. The number of hydrogen-bond donors (Lipinski definition) is 0. The van der Waals surface area contributed by atoms with Crippen LogP contribution in [0, 0.1) is 6.92 Å². The Balaban J connectivity index is 0.000000880. The summed E-state index contributed by atoms with van der Waals surface area (Å²) < 4.78 is 0. The van der Waals surface area contributed by atoms with Crippen LogP contribution in [-0.2, 0) is 0 Å². The van der Waals surface area contributed by atoms with E-state index in [1.54, 1.807) is 0 Å². The van der Waals surface area contributed by atoms with Gasteiger partial charge in [-0.3, -0.25) is 9.98 Å². The van der Waals surface area contributed by atoms with E-state index in [-0.39, 0.29) is 6.17 Å². The molecule has 2 atom stereocenters. The van der Waals surface area contributed by atoms with Crippen molar-refractivity contribution >= 4 is 11.4 Å². The van der Waals surface area contributed by atoms with E-state index in [0.717, 1.165) is 24.2 Å². The molecule has 25 heavy (non-hydrogen) atoms. The smallest absolute Gasteiger partial charge is 0.165 e. The third kappa shape index (κ3) is 3.65. The van der Waals surface area contributed by atoms with E-state index in [2.05, 4.69) is 59.5 Å². The topological polar surface area (TPSA) is 28.5 Å². The van der Waals surface area contributed by atoms with Gasteiger partial charge in [-0.05, 0) is 56.5 Å². The van der Waals surface area contributed by atoms with E-state index in [0.29, 0.717) is 6.04 Å². The zero-order valence-electron chi connectivity index (χ0n) is 15.4.